The van der Waals surface area contributed by atoms with Gasteiger partial charge in [-0.2, -0.15) is 0 Å². The van der Waals surface area contributed by atoms with E-state index >= 15 is 0 Å². The van der Waals surface area contributed by atoms with Crippen molar-refractivity contribution >= 4 is 17.3 Å². The average molecular weight is 345 g/mol. The number of carbonyl (C=O) groups excluding carboxylic acids is 1. The molecule has 0 unspecified atom stereocenters. The molecule has 5 heteroatoms. The number of hydrogen-bond donors (Lipinski definition) is 2. The van der Waals surface area contributed by atoms with E-state index in [0.717, 1.165) is 44.0 Å². The zero-order valence-electron chi connectivity index (χ0n) is 15.5. The molecule has 3 atom stereocenters. The maximum absolute atomic E-state index is 11.4. The van der Waals surface area contributed by atoms with Gasteiger partial charge in [0.2, 0.25) is 5.91 Å². The first kappa shape index (κ1) is 18.2. The van der Waals surface area contributed by atoms with Crippen LogP contribution < -0.4 is 10.6 Å². The summed E-state index contributed by atoms with van der Waals surface area (Å²) < 4.78 is 5.77. The fourth-order valence-corrected chi connectivity index (χ4v) is 3.80. The zero-order chi connectivity index (χ0) is 17.6. The quantitative estimate of drug-likeness (QED) is 0.830. The highest BCUT2D eigenvalue weighted by molar-refractivity contribution is 5.90. The van der Waals surface area contributed by atoms with E-state index in [0.29, 0.717) is 24.5 Å². The van der Waals surface area contributed by atoms with Gasteiger partial charge in [0, 0.05) is 50.1 Å². The number of nitrogens with one attached hydrogen (secondary N) is 2. The average Bonchev–Trinajstić information content (AvgIpc) is 3.12. The van der Waals surface area contributed by atoms with Gasteiger partial charge in [-0.05, 0) is 49.4 Å². The van der Waals surface area contributed by atoms with Gasteiger partial charge in [0.15, 0.2) is 0 Å². The predicted octanol–water partition coefficient (Wildman–Crippen LogP) is 3.34. The van der Waals surface area contributed by atoms with E-state index in [9.17, 15) is 4.79 Å². The summed E-state index contributed by atoms with van der Waals surface area (Å²) in [4.78, 5) is 14.0. The highest BCUT2D eigenvalue weighted by Gasteiger charge is 2.28. The SMILES string of the molecule is CCC(=O)Nc1ccc(N[C@@H]2CCN(C[C@@H]3CCCO3)C[C@@H]2C)cc1. The Morgan fingerprint density at radius 2 is 2.00 bits per heavy atom. The number of anilines is 2. The Bertz CT molecular complexity index is 555. The van der Waals surface area contributed by atoms with Crippen LogP contribution in [0.2, 0.25) is 0 Å². The minimum Gasteiger partial charge on any atom is -0.382 e. The van der Waals surface area contributed by atoms with Crippen molar-refractivity contribution in [2.75, 3.05) is 36.9 Å². The van der Waals surface area contributed by atoms with Gasteiger partial charge in [-0.1, -0.05) is 13.8 Å². The molecule has 1 aromatic rings. The Hall–Kier alpha value is -1.59. The highest BCUT2D eigenvalue weighted by atomic mass is 16.5. The standard InChI is InChI=1S/C20H31N3O2/c1-3-20(24)22-17-8-6-16(7-9-17)21-19-10-11-23(13-15(19)2)14-18-5-4-12-25-18/h6-9,15,18-19,21H,3-5,10-14H2,1-2H3,(H,22,24)/t15-,18-,19+/m0/s1. The Morgan fingerprint density at radius 3 is 2.64 bits per heavy atom. The summed E-state index contributed by atoms with van der Waals surface area (Å²) >= 11 is 0. The third-order valence-electron chi connectivity index (χ3n) is 5.32. The molecule has 138 valence electrons. The van der Waals surface area contributed by atoms with E-state index in [1.165, 1.54) is 12.8 Å². The zero-order valence-corrected chi connectivity index (χ0v) is 15.5. The summed E-state index contributed by atoms with van der Waals surface area (Å²) in [6.07, 6.45) is 4.53. The first-order valence-corrected chi connectivity index (χ1v) is 9.64. The minimum atomic E-state index is 0.0490. The van der Waals surface area contributed by atoms with Crippen molar-refractivity contribution in [3.8, 4) is 0 Å². The van der Waals surface area contributed by atoms with E-state index in [2.05, 4.69) is 34.6 Å². The Kier molecular flexibility index (Phi) is 6.32. The van der Waals surface area contributed by atoms with Crippen LogP contribution in [0.5, 0.6) is 0 Å². The smallest absolute Gasteiger partial charge is 0.224 e. The second kappa shape index (κ2) is 8.68. The van der Waals surface area contributed by atoms with Gasteiger partial charge in [0.25, 0.3) is 0 Å². The van der Waals surface area contributed by atoms with E-state index in [1.54, 1.807) is 0 Å². The summed E-state index contributed by atoms with van der Waals surface area (Å²) in [5.41, 5.74) is 1.98. The van der Waals surface area contributed by atoms with Crippen LogP contribution in [0, 0.1) is 5.92 Å². The fourth-order valence-electron chi connectivity index (χ4n) is 3.80. The molecule has 0 spiro atoms. The molecule has 25 heavy (non-hydrogen) atoms. The number of likely N-dealkylation sites (tertiary alicyclic amines) is 1. The Morgan fingerprint density at radius 1 is 1.24 bits per heavy atom. The molecule has 3 rings (SSSR count). The van der Waals surface area contributed by atoms with Gasteiger partial charge in [-0.3, -0.25) is 4.79 Å². The second-order valence-corrected chi connectivity index (χ2v) is 7.39. The van der Waals surface area contributed by atoms with Crippen LogP contribution in [-0.4, -0.2) is 49.2 Å². The van der Waals surface area contributed by atoms with Crippen LogP contribution in [0.4, 0.5) is 11.4 Å². The molecule has 1 amide bonds. The third kappa shape index (κ3) is 5.19. The van der Waals surface area contributed by atoms with Gasteiger partial charge >= 0.3 is 0 Å². The molecule has 5 nitrogen and oxygen atoms in total. The van der Waals surface area contributed by atoms with Crippen LogP contribution in [0.1, 0.15) is 39.5 Å². The monoisotopic (exact) mass is 345 g/mol. The molecule has 0 aliphatic carbocycles. The number of benzene rings is 1. The lowest BCUT2D eigenvalue weighted by atomic mass is 9.93. The van der Waals surface area contributed by atoms with Crippen molar-refractivity contribution in [3.05, 3.63) is 24.3 Å². The lowest BCUT2D eigenvalue weighted by molar-refractivity contribution is -0.115. The van der Waals surface area contributed by atoms with Crippen molar-refractivity contribution in [3.63, 3.8) is 0 Å². The van der Waals surface area contributed by atoms with Gasteiger partial charge in [-0.25, -0.2) is 0 Å². The van der Waals surface area contributed by atoms with Gasteiger partial charge < -0.3 is 20.3 Å². The summed E-state index contributed by atoms with van der Waals surface area (Å²) in [6.45, 7) is 8.47. The van der Waals surface area contributed by atoms with Crippen molar-refractivity contribution < 1.29 is 9.53 Å². The number of carbonyl (C=O) groups is 1. The summed E-state index contributed by atoms with van der Waals surface area (Å²) in [5.74, 6) is 0.655. The van der Waals surface area contributed by atoms with E-state index in [1.807, 2.05) is 19.1 Å². The van der Waals surface area contributed by atoms with Crippen molar-refractivity contribution in [1.29, 1.82) is 0 Å². The van der Waals surface area contributed by atoms with Crippen LogP contribution in [-0.2, 0) is 9.53 Å². The van der Waals surface area contributed by atoms with Gasteiger partial charge in [0.1, 0.15) is 0 Å². The van der Waals surface area contributed by atoms with Crippen LogP contribution in [0.25, 0.3) is 0 Å². The number of hydrogen-bond acceptors (Lipinski definition) is 4. The molecule has 2 N–H and O–H groups in total. The predicted molar refractivity (Wildman–Crippen MR) is 102 cm³/mol. The lowest BCUT2D eigenvalue weighted by Gasteiger charge is -2.38. The molecule has 1 aromatic carbocycles. The number of amides is 1. The maximum Gasteiger partial charge on any atom is 0.224 e. The minimum absolute atomic E-state index is 0.0490. The van der Waals surface area contributed by atoms with Crippen molar-refractivity contribution in [1.82, 2.24) is 4.90 Å². The molecule has 2 heterocycles. The number of rotatable bonds is 6. The molecule has 0 bridgehead atoms. The molecule has 0 radical (unpaired) electrons. The number of nitrogens with zero attached hydrogens (tertiary/aromatic N) is 1. The first-order valence-electron chi connectivity index (χ1n) is 9.64. The summed E-state index contributed by atoms with van der Waals surface area (Å²) in [6, 6.07) is 8.53. The molecular weight excluding hydrogens is 314 g/mol. The lowest BCUT2D eigenvalue weighted by Crippen LogP contribution is -2.47. The largest absolute Gasteiger partial charge is 0.382 e. The van der Waals surface area contributed by atoms with E-state index in [4.69, 9.17) is 4.74 Å². The molecule has 2 aliphatic heterocycles. The molecule has 0 aromatic heterocycles. The Balaban J connectivity index is 1.47. The third-order valence-corrected chi connectivity index (χ3v) is 5.32. The summed E-state index contributed by atoms with van der Waals surface area (Å²) in [5, 5.41) is 6.55. The van der Waals surface area contributed by atoms with Crippen molar-refractivity contribution in [2.45, 2.75) is 51.7 Å². The maximum atomic E-state index is 11.4. The molecule has 2 saturated heterocycles. The number of piperidine rings is 1. The van der Waals surface area contributed by atoms with Gasteiger partial charge in [-0.15, -0.1) is 0 Å². The van der Waals surface area contributed by atoms with Crippen molar-refractivity contribution in [2.24, 2.45) is 5.92 Å². The molecule has 2 fully saturated rings. The van der Waals surface area contributed by atoms with Crippen LogP contribution in [0.3, 0.4) is 0 Å². The highest BCUT2D eigenvalue weighted by Crippen LogP contribution is 2.24. The van der Waals surface area contributed by atoms with E-state index in [-0.39, 0.29) is 5.91 Å². The first-order chi connectivity index (χ1) is 12.1. The number of ether oxygens (including phenoxy) is 1. The second-order valence-electron chi connectivity index (χ2n) is 7.39. The summed E-state index contributed by atoms with van der Waals surface area (Å²) in [7, 11) is 0. The van der Waals surface area contributed by atoms with Crippen LogP contribution in [0.15, 0.2) is 24.3 Å². The Labute approximate surface area is 151 Å². The normalized spacial score (nSPS) is 27.2. The molecule has 2 aliphatic rings. The topological polar surface area (TPSA) is 53.6 Å². The fraction of sp³-hybridized carbons (Fsp3) is 0.650. The molecular formula is C20H31N3O2. The van der Waals surface area contributed by atoms with E-state index < -0.39 is 0 Å². The molecule has 0 saturated carbocycles. The van der Waals surface area contributed by atoms with Crippen LogP contribution >= 0.6 is 0 Å². The van der Waals surface area contributed by atoms with Gasteiger partial charge in [0.05, 0.1) is 6.10 Å².